The zero-order valence-corrected chi connectivity index (χ0v) is 29.5. The van der Waals surface area contributed by atoms with Gasteiger partial charge in [0.2, 0.25) is 27.8 Å². The van der Waals surface area contributed by atoms with Gasteiger partial charge in [-0.05, 0) is 114 Å². The van der Waals surface area contributed by atoms with E-state index in [-0.39, 0.29) is 17.4 Å². The van der Waals surface area contributed by atoms with Gasteiger partial charge in [0.1, 0.15) is 11.5 Å². The average molecular weight is 613 g/mol. The molecular weight excluding hydrogens is 561 g/mol. The highest BCUT2D eigenvalue weighted by molar-refractivity contribution is 6.71. The van der Waals surface area contributed by atoms with Gasteiger partial charge in [-0.2, -0.15) is 0 Å². The molecule has 3 rings (SSSR count). The fourth-order valence-electron chi connectivity index (χ4n) is 5.39. The zero-order chi connectivity index (χ0) is 31.4. The Morgan fingerprint density at radius 1 is 0.643 bits per heavy atom. The number of hydrogen-bond acceptors (Lipinski definition) is 6. The van der Waals surface area contributed by atoms with Crippen LogP contribution in [0.2, 0.25) is 39.3 Å². The molecule has 0 N–H and O–H groups in total. The molecule has 2 unspecified atom stereocenters. The van der Waals surface area contributed by atoms with Crippen LogP contribution in [-0.2, 0) is 23.9 Å². The van der Waals surface area contributed by atoms with E-state index in [1.165, 1.54) is 17.5 Å². The third kappa shape index (κ3) is 8.28. The highest BCUT2D eigenvalue weighted by atomic mass is 28.4. The number of rotatable bonds is 12. The number of ether oxygens (including phenoxy) is 2. The molecule has 0 radical (unpaired) electrons. The van der Waals surface area contributed by atoms with Gasteiger partial charge in [0.25, 0.3) is 0 Å². The van der Waals surface area contributed by atoms with Crippen LogP contribution in [0.4, 0.5) is 0 Å². The fourth-order valence-corrected chi connectivity index (χ4v) is 6.94. The molecule has 6 nitrogen and oxygen atoms in total. The lowest BCUT2D eigenvalue weighted by Crippen LogP contribution is -2.46. The van der Waals surface area contributed by atoms with Gasteiger partial charge >= 0.3 is 11.9 Å². The van der Waals surface area contributed by atoms with Crippen molar-refractivity contribution in [3.63, 3.8) is 0 Å². The largest absolute Gasteiger partial charge is 0.517 e. The second-order valence-corrected chi connectivity index (χ2v) is 22.9. The molecule has 2 aromatic rings. The molecular formula is C34H52O6Si2. The van der Waals surface area contributed by atoms with Crippen LogP contribution in [0.1, 0.15) is 83.8 Å². The Morgan fingerprint density at radius 3 is 1.26 bits per heavy atom. The van der Waals surface area contributed by atoms with Gasteiger partial charge in [0, 0.05) is 5.41 Å². The standard InChI is InChI=1S/C34H52O6Si2/c1-11-32(3,30(35)39-41(5,6)7)37-28-20-16-26(17-21-28)34(24-14-13-15-25-34)27-18-22-29(23-19-27)38-33(4,12-2)31(36)40-42(8,9)10/h16-23H,11-15,24-25H2,1-10H3. The molecule has 2 aromatic carbocycles. The van der Waals surface area contributed by atoms with Crippen LogP contribution in [-0.4, -0.2) is 39.8 Å². The molecule has 0 saturated heterocycles. The second-order valence-electron chi connectivity index (χ2n) is 14.1. The second kappa shape index (κ2) is 13.0. The maximum atomic E-state index is 13.0. The Labute approximate surface area is 255 Å². The maximum absolute atomic E-state index is 13.0. The van der Waals surface area contributed by atoms with Crippen molar-refractivity contribution >= 4 is 28.6 Å². The molecule has 1 saturated carbocycles. The lowest BCUT2D eigenvalue weighted by atomic mass is 9.65. The number of benzene rings is 2. The van der Waals surface area contributed by atoms with Gasteiger partial charge in [-0.25, -0.2) is 9.59 Å². The van der Waals surface area contributed by atoms with Crippen molar-refractivity contribution in [1.29, 1.82) is 0 Å². The summed E-state index contributed by atoms with van der Waals surface area (Å²) in [5.74, 6) is 0.725. The molecule has 2 atom stereocenters. The first-order valence-corrected chi connectivity index (χ1v) is 22.3. The van der Waals surface area contributed by atoms with Gasteiger partial charge in [-0.15, -0.1) is 0 Å². The maximum Gasteiger partial charge on any atom is 0.336 e. The van der Waals surface area contributed by atoms with Crippen molar-refractivity contribution in [1.82, 2.24) is 0 Å². The smallest absolute Gasteiger partial charge is 0.336 e. The molecule has 0 spiro atoms. The van der Waals surface area contributed by atoms with Crippen molar-refractivity contribution in [2.75, 3.05) is 0 Å². The van der Waals surface area contributed by atoms with Gasteiger partial charge in [-0.3, -0.25) is 0 Å². The van der Waals surface area contributed by atoms with Crippen molar-refractivity contribution in [3.8, 4) is 11.5 Å². The predicted octanol–water partition coefficient (Wildman–Crippen LogP) is 8.79. The third-order valence-electron chi connectivity index (χ3n) is 8.22. The fraction of sp³-hybridized carbons (Fsp3) is 0.588. The number of carbonyl (C=O) groups is 2. The molecule has 232 valence electrons. The lowest BCUT2D eigenvalue weighted by Gasteiger charge is -2.39. The normalized spacial score (nSPS) is 18.2. The Hall–Kier alpha value is -2.59. The van der Waals surface area contributed by atoms with E-state index in [1.54, 1.807) is 0 Å². The van der Waals surface area contributed by atoms with E-state index < -0.39 is 27.8 Å². The first-order chi connectivity index (χ1) is 19.5. The van der Waals surface area contributed by atoms with Gasteiger partial charge < -0.3 is 18.3 Å². The van der Waals surface area contributed by atoms with Crippen molar-refractivity contribution in [2.24, 2.45) is 0 Å². The van der Waals surface area contributed by atoms with Gasteiger partial charge in [0.15, 0.2) is 0 Å². The summed E-state index contributed by atoms with van der Waals surface area (Å²) in [6.07, 6.45) is 6.68. The monoisotopic (exact) mass is 612 g/mol. The summed E-state index contributed by atoms with van der Waals surface area (Å²) in [6, 6.07) is 16.5. The minimum absolute atomic E-state index is 0.120. The van der Waals surface area contributed by atoms with Crippen LogP contribution in [0.3, 0.4) is 0 Å². The minimum atomic E-state index is -2.04. The Kier molecular flexibility index (Phi) is 10.5. The SMILES string of the molecule is CCC(C)(Oc1ccc(C2(c3ccc(OC(C)(CC)C(=O)O[Si](C)(C)C)cc3)CCCCC2)cc1)C(=O)O[Si](C)(C)C. The summed E-state index contributed by atoms with van der Waals surface area (Å²) in [6.45, 7) is 19.5. The van der Waals surface area contributed by atoms with E-state index >= 15 is 0 Å². The molecule has 0 heterocycles. The molecule has 0 bridgehead atoms. The van der Waals surface area contributed by atoms with E-state index in [2.05, 4.69) is 24.3 Å². The van der Waals surface area contributed by atoms with Gasteiger partial charge in [0.05, 0.1) is 0 Å². The summed E-state index contributed by atoms with van der Waals surface area (Å²) in [7, 11) is -4.08. The Balaban J connectivity index is 1.85. The quantitative estimate of drug-likeness (QED) is 0.223. The van der Waals surface area contributed by atoms with Crippen LogP contribution in [0, 0.1) is 0 Å². The van der Waals surface area contributed by atoms with Gasteiger partial charge in [-0.1, -0.05) is 57.4 Å². The summed E-state index contributed by atoms with van der Waals surface area (Å²) in [5.41, 5.74) is 0.292. The van der Waals surface area contributed by atoms with Crippen molar-refractivity contribution < 1.29 is 27.9 Å². The van der Waals surface area contributed by atoms with Crippen molar-refractivity contribution in [2.45, 2.75) is 129 Å². The zero-order valence-electron chi connectivity index (χ0n) is 27.5. The first-order valence-electron chi connectivity index (χ1n) is 15.5. The van der Waals surface area contributed by atoms with E-state index in [0.29, 0.717) is 24.3 Å². The highest BCUT2D eigenvalue weighted by Crippen LogP contribution is 2.46. The van der Waals surface area contributed by atoms with E-state index in [4.69, 9.17) is 18.3 Å². The predicted molar refractivity (Wildman–Crippen MR) is 174 cm³/mol. The van der Waals surface area contributed by atoms with Crippen LogP contribution >= 0.6 is 0 Å². The summed E-state index contributed by atoms with van der Waals surface area (Å²) in [4.78, 5) is 25.9. The molecule has 0 amide bonds. The summed E-state index contributed by atoms with van der Waals surface area (Å²) >= 11 is 0. The number of carbonyl (C=O) groups excluding carboxylic acids is 2. The summed E-state index contributed by atoms with van der Waals surface area (Å²) in [5, 5.41) is 0. The van der Waals surface area contributed by atoms with E-state index in [9.17, 15) is 9.59 Å². The van der Waals surface area contributed by atoms with Crippen LogP contribution < -0.4 is 9.47 Å². The topological polar surface area (TPSA) is 71.1 Å². The molecule has 8 heteroatoms. The van der Waals surface area contributed by atoms with Crippen LogP contribution in [0.25, 0.3) is 0 Å². The number of hydrogen-bond donors (Lipinski definition) is 0. The Bertz CT molecular complexity index is 1120. The molecule has 42 heavy (non-hydrogen) atoms. The summed E-state index contributed by atoms with van der Waals surface area (Å²) < 4.78 is 24.1. The molecule has 1 fully saturated rings. The van der Waals surface area contributed by atoms with E-state index in [0.717, 1.165) is 25.7 Å². The minimum Gasteiger partial charge on any atom is -0.517 e. The Morgan fingerprint density at radius 2 is 0.976 bits per heavy atom. The molecule has 1 aliphatic carbocycles. The van der Waals surface area contributed by atoms with Crippen molar-refractivity contribution in [3.05, 3.63) is 59.7 Å². The third-order valence-corrected chi connectivity index (χ3v) is 9.81. The molecule has 0 aliphatic heterocycles. The molecule has 0 aromatic heterocycles. The van der Waals surface area contributed by atoms with Crippen LogP contribution in [0.15, 0.2) is 48.5 Å². The lowest BCUT2D eigenvalue weighted by molar-refractivity contribution is -0.152. The van der Waals surface area contributed by atoms with Crippen LogP contribution in [0.5, 0.6) is 11.5 Å². The average Bonchev–Trinajstić information content (AvgIpc) is 2.92. The molecule has 1 aliphatic rings. The van der Waals surface area contributed by atoms with E-state index in [1.807, 2.05) is 91.2 Å². The highest BCUT2D eigenvalue weighted by Gasteiger charge is 2.40. The first kappa shape index (κ1) is 33.9.